The van der Waals surface area contributed by atoms with Crippen LogP contribution in [0.2, 0.25) is 0 Å². The summed E-state index contributed by atoms with van der Waals surface area (Å²) < 4.78 is 0. The van der Waals surface area contributed by atoms with Gasteiger partial charge in [0.2, 0.25) is 0 Å². The van der Waals surface area contributed by atoms with Crippen LogP contribution in [-0.2, 0) is 9.59 Å². The molecule has 0 saturated heterocycles. The SMILES string of the molecule is O=C1CCC(=O)C1=C1C=CN(CC(=O)c2ccccc2)c2c1ccc1cccnc21. The lowest BCUT2D eigenvalue weighted by atomic mass is 9.92. The minimum absolute atomic E-state index is 0.0248. The Labute approximate surface area is 173 Å². The van der Waals surface area contributed by atoms with Crippen LogP contribution in [0.1, 0.15) is 28.8 Å². The van der Waals surface area contributed by atoms with Gasteiger partial charge in [0.25, 0.3) is 0 Å². The van der Waals surface area contributed by atoms with E-state index in [4.69, 9.17) is 0 Å². The maximum absolute atomic E-state index is 12.9. The van der Waals surface area contributed by atoms with Crippen molar-refractivity contribution in [3.8, 4) is 0 Å². The summed E-state index contributed by atoms with van der Waals surface area (Å²) in [5, 5.41) is 0.928. The second-order valence-corrected chi connectivity index (χ2v) is 7.40. The normalized spacial score (nSPS) is 15.8. The Bertz CT molecular complexity index is 1250. The lowest BCUT2D eigenvalue weighted by molar-refractivity contribution is -0.116. The molecule has 1 aromatic heterocycles. The van der Waals surface area contributed by atoms with Gasteiger partial charge in [-0.3, -0.25) is 19.4 Å². The van der Waals surface area contributed by atoms with Crippen molar-refractivity contribution >= 4 is 39.5 Å². The zero-order valence-corrected chi connectivity index (χ0v) is 16.2. The highest BCUT2D eigenvalue weighted by Gasteiger charge is 2.32. The average Bonchev–Trinajstić information content (AvgIpc) is 3.12. The Morgan fingerprint density at radius 3 is 2.47 bits per heavy atom. The molecule has 2 aliphatic rings. The lowest BCUT2D eigenvalue weighted by Gasteiger charge is -2.28. The molecule has 0 unspecified atom stereocenters. The van der Waals surface area contributed by atoms with Gasteiger partial charge in [0.05, 0.1) is 23.3 Å². The van der Waals surface area contributed by atoms with Crippen LogP contribution >= 0.6 is 0 Å². The summed E-state index contributed by atoms with van der Waals surface area (Å²) in [5.41, 5.74) is 3.74. The molecule has 1 aliphatic carbocycles. The Kier molecular flexibility index (Phi) is 4.36. The first-order valence-corrected chi connectivity index (χ1v) is 9.85. The number of aromatic nitrogens is 1. The van der Waals surface area contributed by atoms with Crippen LogP contribution in [-0.4, -0.2) is 28.9 Å². The molecule has 146 valence electrons. The highest BCUT2D eigenvalue weighted by Crippen LogP contribution is 2.40. The first-order chi connectivity index (χ1) is 14.6. The number of Topliss-reactive ketones (excluding diaryl/α,β-unsaturated/α-hetero) is 3. The Morgan fingerprint density at radius 1 is 0.933 bits per heavy atom. The Morgan fingerprint density at radius 2 is 1.70 bits per heavy atom. The van der Waals surface area contributed by atoms with E-state index in [-0.39, 0.29) is 42.3 Å². The van der Waals surface area contributed by atoms with Gasteiger partial charge in [0.15, 0.2) is 17.3 Å². The number of anilines is 1. The van der Waals surface area contributed by atoms with Crippen LogP contribution in [0.15, 0.2) is 78.6 Å². The molecule has 0 atom stereocenters. The molecule has 3 aromatic rings. The topological polar surface area (TPSA) is 67.3 Å². The molecule has 0 N–H and O–H groups in total. The fourth-order valence-electron chi connectivity index (χ4n) is 4.12. The largest absolute Gasteiger partial charge is 0.338 e. The van der Waals surface area contributed by atoms with Crippen LogP contribution in [0, 0.1) is 0 Å². The van der Waals surface area contributed by atoms with Crippen molar-refractivity contribution < 1.29 is 14.4 Å². The predicted octanol–water partition coefficient (Wildman–Crippen LogP) is 4.14. The second kappa shape index (κ2) is 7.19. The number of nitrogens with zero attached hydrogens (tertiary/aromatic N) is 2. The molecule has 1 aliphatic heterocycles. The third-order valence-electron chi connectivity index (χ3n) is 5.56. The molecular formula is C25H18N2O3. The van der Waals surface area contributed by atoms with Gasteiger partial charge >= 0.3 is 0 Å². The third kappa shape index (κ3) is 2.95. The molecule has 5 nitrogen and oxygen atoms in total. The number of benzene rings is 2. The number of carbonyl (C=O) groups is 3. The zero-order chi connectivity index (χ0) is 20.7. The van der Waals surface area contributed by atoms with Crippen LogP contribution < -0.4 is 4.90 Å². The van der Waals surface area contributed by atoms with Crippen molar-refractivity contribution in [1.82, 2.24) is 4.98 Å². The molecule has 0 amide bonds. The van der Waals surface area contributed by atoms with E-state index in [1.54, 1.807) is 30.6 Å². The van der Waals surface area contributed by atoms with Crippen molar-refractivity contribution in [3.63, 3.8) is 0 Å². The first-order valence-electron chi connectivity index (χ1n) is 9.85. The van der Waals surface area contributed by atoms with Gasteiger partial charge in [-0.15, -0.1) is 0 Å². The van der Waals surface area contributed by atoms with Gasteiger partial charge < -0.3 is 4.90 Å². The van der Waals surface area contributed by atoms with Crippen LogP contribution in [0.25, 0.3) is 16.5 Å². The third-order valence-corrected chi connectivity index (χ3v) is 5.56. The van der Waals surface area contributed by atoms with Crippen molar-refractivity contribution in [2.75, 3.05) is 11.4 Å². The molecule has 0 radical (unpaired) electrons. The molecule has 0 spiro atoms. The number of hydrogen-bond acceptors (Lipinski definition) is 5. The van der Waals surface area contributed by atoms with Crippen molar-refractivity contribution in [2.24, 2.45) is 0 Å². The van der Waals surface area contributed by atoms with Crippen molar-refractivity contribution in [3.05, 3.63) is 89.8 Å². The Balaban J connectivity index is 1.68. The minimum Gasteiger partial charge on any atom is -0.338 e. The predicted molar refractivity (Wildman–Crippen MR) is 115 cm³/mol. The summed E-state index contributed by atoms with van der Waals surface area (Å²) in [5.74, 6) is -0.274. The van der Waals surface area contributed by atoms with E-state index in [1.807, 2.05) is 47.4 Å². The molecule has 30 heavy (non-hydrogen) atoms. The molecule has 5 rings (SSSR count). The lowest BCUT2D eigenvalue weighted by Crippen LogP contribution is -2.28. The summed E-state index contributed by atoms with van der Waals surface area (Å²) >= 11 is 0. The van der Waals surface area contributed by atoms with Crippen molar-refractivity contribution in [1.29, 1.82) is 0 Å². The number of carbonyl (C=O) groups excluding carboxylic acids is 3. The van der Waals surface area contributed by atoms with E-state index < -0.39 is 0 Å². The van der Waals surface area contributed by atoms with Crippen LogP contribution in [0.4, 0.5) is 5.69 Å². The van der Waals surface area contributed by atoms with Gasteiger partial charge in [0.1, 0.15) is 0 Å². The molecule has 0 bridgehead atoms. The molecule has 2 aromatic carbocycles. The van der Waals surface area contributed by atoms with Gasteiger partial charge in [-0.2, -0.15) is 0 Å². The molecular weight excluding hydrogens is 376 g/mol. The van der Waals surface area contributed by atoms with E-state index in [0.717, 1.165) is 22.2 Å². The van der Waals surface area contributed by atoms with Gasteiger partial charge in [-0.05, 0) is 17.7 Å². The second-order valence-electron chi connectivity index (χ2n) is 7.40. The smallest absolute Gasteiger partial charge is 0.182 e. The summed E-state index contributed by atoms with van der Waals surface area (Å²) in [6, 6.07) is 16.8. The van der Waals surface area contributed by atoms with Crippen LogP contribution in [0.3, 0.4) is 0 Å². The summed E-state index contributed by atoms with van der Waals surface area (Å²) in [6.45, 7) is 0.133. The first kappa shape index (κ1) is 18.2. The maximum Gasteiger partial charge on any atom is 0.182 e. The number of allylic oxidation sites excluding steroid dienone is 3. The van der Waals surface area contributed by atoms with E-state index in [2.05, 4.69) is 4.98 Å². The monoisotopic (exact) mass is 394 g/mol. The summed E-state index contributed by atoms with van der Waals surface area (Å²) in [6.07, 6.45) is 5.76. The van der Waals surface area contributed by atoms with Crippen molar-refractivity contribution in [2.45, 2.75) is 12.8 Å². The van der Waals surface area contributed by atoms with E-state index in [0.29, 0.717) is 11.1 Å². The van der Waals surface area contributed by atoms with Gasteiger partial charge in [-0.25, -0.2) is 0 Å². The number of ketones is 3. The summed E-state index contributed by atoms with van der Waals surface area (Å²) in [7, 11) is 0. The highest BCUT2D eigenvalue weighted by atomic mass is 16.2. The number of hydrogen-bond donors (Lipinski definition) is 0. The standard InChI is InChI=1S/C25H18N2O3/c28-20-10-11-21(29)23(20)18-12-14-27(15-22(30)16-5-2-1-3-6-16)25-19(18)9-8-17-7-4-13-26-24(17)25/h1-9,12-14H,10-11,15H2. The van der Waals surface area contributed by atoms with E-state index in [1.165, 1.54) is 0 Å². The van der Waals surface area contributed by atoms with Gasteiger partial charge in [-0.1, -0.05) is 48.5 Å². The molecule has 1 saturated carbocycles. The number of pyridine rings is 1. The molecule has 1 fully saturated rings. The van der Waals surface area contributed by atoms with E-state index >= 15 is 0 Å². The zero-order valence-electron chi connectivity index (χ0n) is 16.2. The number of rotatable bonds is 3. The minimum atomic E-state index is -0.125. The average molecular weight is 394 g/mol. The quantitative estimate of drug-likeness (QED) is 0.379. The highest BCUT2D eigenvalue weighted by molar-refractivity contribution is 6.31. The van der Waals surface area contributed by atoms with Gasteiger partial charge in [0, 0.05) is 41.8 Å². The number of fused-ring (bicyclic) bond motifs is 3. The van der Waals surface area contributed by atoms with E-state index in [9.17, 15) is 14.4 Å². The summed E-state index contributed by atoms with van der Waals surface area (Å²) in [4.78, 5) is 44.1. The molecule has 2 heterocycles. The Hall–Kier alpha value is -3.86. The van der Waals surface area contributed by atoms with Crippen LogP contribution in [0.5, 0.6) is 0 Å². The maximum atomic E-state index is 12.9. The fourth-order valence-corrected chi connectivity index (χ4v) is 4.12. The fraction of sp³-hybridized carbons (Fsp3) is 0.120. The molecule has 5 heteroatoms.